The molecule has 0 aromatic heterocycles. The van der Waals surface area contributed by atoms with E-state index in [1.165, 1.54) is 24.3 Å². The van der Waals surface area contributed by atoms with Crippen LogP contribution < -0.4 is 10.2 Å². The molecule has 1 amide bonds. The molecule has 0 saturated heterocycles. The number of non-ortho nitro benzene ring substituents is 1. The molecule has 1 unspecified atom stereocenters. The highest BCUT2D eigenvalue weighted by molar-refractivity contribution is 5.94. The van der Waals surface area contributed by atoms with Gasteiger partial charge in [-0.15, -0.1) is 0 Å². The first-order valence-corrected chi connectivity index (χ1v) is 8.72. The predicted octanol–water partition coefficient (Wildman–Crippen LogP) is 2.85. The highest BCUT2D eigenvalue weighted by atomic mass is 19.4. The molecule has 0 bridgehead atoms. The number of amides is 1. The average molecular weight is 420 g/mol. The summed E-state index contributed by atoms with van der Waals surface area (Å²) in [6.07, 6.45) is -5.83. The lowest BCUT2D eigenvalue weighted by Crippen LogP contribution is -2.39. The van der Waals surface area contributed by atoms with Gasteiger partial charge in [0.25, 0.3) is 11.6 Å². The van der Waals surface area contributed by atoms with Crippen LogP contribution in [0.2, 0.25) is 0 Å². The van der Waals surface area contributed by atoms with E-state index in [0.717, 1.165) is 12.1 Å². The molecular weight excluding hydrogens is 405 g/mol. The van der Waals surface area contributed by atoms with Crippen LogP contribution in [0.25, 0.3) is 0 Å². The number of anilines is 2. The van der Waals surface area contributed by atoms with E-state index in [1.807, 2.05) is 0 Å². The first-order valence-electron chi connectivity index (χ1n) is 8.72. The van der Waals surface area contributed by atoms with Gasteiger partial charge in [-0.1, -0.05) is 0 Å². The molecule has 3 rings (SSSR count). The molecule has 1 atom stereocenters. The third-order valence-corrected chi connectivity index (χ3v) is 4.67. The molecule has 1 heterocycles. The van der Waals surface area contributed by atoms with E-state index < -0.39 is 34.2 Å². The number of alkyl halides is 3. The number of fused-ring (bicyclic) bond motifs is 1. The van der Waals surface area contributed by atoms with Crippen molar-refractivity contribution in [2.75, 3.05) is 23.3 Å². The Morgan fingerprint density at radius 2 is 2.07 bits per heavy atom. The zero-order chi connectivity index (χ0) is 22.1. The summed E-state index contributed by atoms with van der Waals surface area (Å²) < 4.78 is 39.1. The van der Waals surface area contributed by atoms with Gasteiger partial charge in [0.2, 0.25) is 0 Å². The Kier molecular flexibility index (Phi) is 5.62. The highest BCUT2D eigenvalue weighted by Gasteiger charge is 2.34. The van der Waals surface area contributed by atoms with E-state index in [1.54, 1.807) is 4.90 Å². The summed E-state index contributed by atoms with van der Waals surface area (Å²) in [6, 6.07) is 8.43. The minimum absolute atomic E-state index is 0.0600. The minimum atomic E-state index is -4.77. The second-order valence-corrected chi connectivity index (χ2v) is 6.64. The fourth-order valence-corrected chi connectivity index (χ4v) is 3.23. The Labute approximate surface area is 168 Å². The van der Waals surface area contributed by atoms with Crippen molar-refractivity contribution in [3.05, 3.63) is 63.2 Å². The molecule has 0 aliphatic carbocycles. The Morgan fingerprint density at radius 3 is 2.70 bits per heavy atom. The summed E-state index contributed by atoms with van der Waals surface area (Å²) in [7, 11) is 0. The molecule has 0 fully saturated rings. The summed E-state index contributed by atoms with van der Waals surface area (Å²) in [4.78, 5) is 24.3. The van der Waals surface area contributed by atoms with Crippen molar-refractivity contribution >= 4 is 23.0 Å². The van der Waals surface area contributed by atoms with Gasteiger partial charge < -0.3 is 15.3 Å². The van der Waals surface area contributed by atoms with Gasteiger partial charge in [-0.05, 0) is 36.2 Å². The Morgan fingerprint density at radius 1 is 1.33 bits per heavy atom. The van der Waals surface area contributed by atoms with Crippen molar-refractivity contribution in [2.45, 2.75) is 18.7 Å². The lowest BCUT2D eigenvalue weighted by Gasteiger charge is -2.22. The summed E-state index contributed by atoms with van der Waals surface area (Å²) in [5, 5.41) is 32.1. The average Bonchev–Trinajstić information content (AvgIpc) is 3.09. The summed E-state index contributed by atoms with van der Waals surface area (Å²) in [6.45, 7) is 0.287. The van der Waals surface area contributed by atoms with Crippen LogP contribution in [0.15, 0.2) is 36.4 Å². The standard InChI is InChI=1S/C19H15F3N4O4/c20-19(21,22)15-8-13(2-1-12(15)9-23)24-18(28)17(27)10-25-6-5-11-7-14(26(29)30)3-4-16(11)25/h1-4,7-8,17,27H,5-6,10H2,(H,24,28). The Hall–Kier alpha value is -3.65. The third-order valence-electron chi connectivity index (χ3n) is 4.67. The van der Waals surface area contributed by atoms with Crippen molar-refractivity contribution < 1.29 is 28.0 Å². The number of halogens is 3. The quantitative estimate of drug-likeness (QED) is 0.567. The Bertz CT molecular complexity index is 1050. The molecule has 1 aliphatic heterocycles. The molecule has 2 aromatic rings. The van der Waals surface area contributed by atoms with Gasteiger partial charge >= 0.3 is 6.18 Å². The van der Waals surface area contributed by atoms with Crippen LogP contribution in [-0.4, -0.2) is 35.1 Å². The first kappa shape index (κ1) is 21.1. The number of hydrogen-bond acceptors (Lipinski definition) is 6. The number of rotatable bonds is 5. The fraction of sp³-hybridized carbons (Fsp3) is 0.263. The van der Waals surface area contributed by atoms with Crippen molar-refractivity contribution in [3.63, 3.8) is 0 Å². The number of aliphatic hydroxyl groups is 1. The van der Waals surface area contributed by atoms with Crippen LogP contribution in [-0.2, 0) is 17.4 Å². The van der Waals surface area contributed by atoms with Crippen LogP contribution in [0.1, 0.15) is 16.7 Å². The van der Waals surface area contributed by atoms with Gasteiger partial charge in [0, 0.05) is 30.1 Å². The van der Waals surface area contributed by atoms with Crippen LogP contribution in [0.5, 0.6) is 0 Å². The SMILES string of the molecule is N#Cc1ccc(NC(=O)C(O)CN2CCc3cc([N+](=O)[O-])ccc32)cc1C(F)(F)F. The van der Waals surface area contributed by atoms with Gasteiger partial charge in [-0.25, -0.2) is 0 Å². The monoisotopic (exact) mass is 420 g/mol. The van der Waals surface area contributed by atoms with Crippen LogP contribution in [0.4, 0.5) is 30.2 Å². The van der Waals surface area contributed by atoms with Gasteiger partial charge in [-0.2, -0.15) is 18.4 Å². The molecule has 0 saturated carbocycles. The molecule has 0 radical (unpaired) electrons. The number of carbonyl (C=O) groups excluding carboxylic acids is 1. The van der Waals surface area contributed by atoms with Gasteiger partial charge in [0.15, 0.2) is 6.10 Å². The highest BCUT2D eigenvalue weighted by Crippen LogP contribution is 2.34. The van der Waals surface area contributed by atoms with Gasteiger partial charge in [0.05, 0.1) is 28.7 Å². The lowest BCUT2D eigenvalue weighted by molar-refractivity contribution is -0.384. The number of aliphatic hydroxyl groups excluding tert-OH is 1. The van der Waals surface area contributed by atoms with Crippen molar-refractivity contribution in [3.8, 4) is 6.07 Å². The Balaban J connectivity index is 1.70. The number of nitrogens with zero attached hydrogens (tertiary/aromatic N) is 3. The zero-order valence-electron chi connectivity index (χ0n) is 15.3. The number of β-amino-alcohol motifs (C(OH)–C–C–N with tert-alkyl or cyclic N) is 1. The maximum atomic E-state index is 13.0. The van der Waals surface area contributed by atoms with Crippen LogP contribution in [0.3, 0.4) is 0 Å². The number of benzene rings is 2. The number of nitro benzene ring substituents is 1. The molecular formula is C19H15F3N4O4. The van der Waals surface area contributed by atoms with E-state index in [4.69, 9.17) is 5.26 Å². The molecule has 1 aliphatic rings. The predicted molar refractivity (Wildman–Crippen MR) is 99.8 cm³/mol. The van der Waals surface area contributed by atoms with Crippen LogP contribution >= 0.6 is 0 Å². The summed E-state index contributed by atoms with van der Waals surface area (Å²) in [5.41, 5.74) is -0.682. The molecule has 156 valence electrons. The smallest absolute Gasteiger partial charge is 0.381 e. The second kappa shape index (κ2) is 8.00. The normalized spacial score (nSPS) is 14.0. The van der Waals surface area contributed by atoms with Crippen LogP contribution in [0, 0.1) is 21.4 Å². The van der Waals surface area contributed by atoms with E-state index in [9.17, 15) is 33.2 Å². The lowest BCUT2D eigenvalue weighted by atomic mass is 10.1. The topological polar surface area (TPSA) is 120 Å². The molecule has 11 heteroatoms. The van der Waals surface area contributed by atoms with E-state index >= 15 is 0 Å². The van der Waals surface area contributed by atoms with Crippen molar-refractivity contribution in [1.29, 1.82) is 5.26 Å². The maximum absolute atomic E-state index is 13.0. The van der Waals surface area contributed by atoms with Gasteiger partial charge in [0.1, 0.15) is 0 Å². The van der Waals surface area contributed by atoms with Crippen molar-refractivity contribution in [1.82, 2.24) is 0 Å². The van der Waals surface area contributed by atoms with E-state index in [-0.39, 0.29) is 17.9 Å². The van der Waals surface area contributed by atoms with Gasteiger partial charge in [-0.3, -0.25) is 14.9 Å². The number of hydrogen-bond donors (Lipinski definition) is 2. The molecule has 2 aromatic carbocycles. The molecule has 0 spiro atoms. The molecule has 8 nitrogen and oxygen atoms in total. The van der Waals surface area contributed by atoms with E-state index in [2.05, 4.69) is 5.32 Å². The third kappa shape index (κ3) is 4.33. The van der Waals surface area contributed by atoms with E-state index in [0.29, 0.717) is 30.3 Å². The fourth-order valence-electron chi connectivity index (χ4n) is 3.23. The minimum Gasteiger partial charge on any atom is -0.381 e. The number of nitrogens with one attached hydrogen (secondary N) is 1. The number of nitro groups is 1. The first-order chi connectivity index (χ1) is 14.1. The zero-order valence-corrected chi connectivity index (χ0v) is 15.3. The molecule has 30 heavy (non-hydrogen) atoms. The maximum Gasteiger partial charge on any atom is 0.417 e. The largest absolute Gasteiger partial charge is 0.417 e. The number of carbonyl (C=O) groups is 1. The second-order valence-electron chi connectivity index (χ2n) is 6.64. The molecule has 2 N–H and O–H groups in total. The van der Waals surface area contributed by atoms with Crippen molar-refractivity contribution in [2.24, 2.45) is 0 Å². The number of nitriles is 1. The summed E-state index contributed by atoms with van der Waals surface area (Å²) in [5.74, 6) is -0.914. The summed E-state index contributed by atoms with van der Waals surface area (Å²) >= 11 is 0.